The van der Waals surface area contributed by atoms with Crippen molar-refractivity contribution in [3.8, 4) is 11.3 Å². The molecule has 0 unspecified atom stereocenters. The maximum Gasteiger partial charge on any atom is 0.253 e. The Hall–Kier alpha value is -3.09. The first kappa shape index (κ1) is 20.8. The van der Waals surface area contributed by atoms with Crippen LogP contribution in [0.3, 0.4) is 0 Å². The second-order valence-electron chi connectivity index (χ2n) is 7.79. The Morgan fingerprint density at radius 3 is 2.53 bits per heavy atom. The van der Waals surface area contributed by atoms with E-state index in [1.807, 2.05) is 53.4 Å². The van der Waals surface area contributed by atoms with Crippen molar-refractivity contribution in [1.29, 1.82) is 0 Å². The third-order valence-electron chi connectivity index (χ3n) is 5.66. The van der Waals surface area contributed by atoms with Crippen LogP contribution >= 0.6 is 23.2 Å². The first-order chi connectivity index (χ1) is 15.6. The molecule has 0 aliphatic carbocycles. The molecule has 0 spiro atoms. The van der Waals surface area contributed by atoms with Gasteiger partial charge in [-0.25, -0.2) is 4.98 Å². The van der Waals surface area contributed by atoms with Crippen molar-refractivity contribution >= 4 is 40.6 Å². The van der Waals surface area contributed by atoms with Gasteiger partial charge in [0.05, 0.1) is 11.9 Å². The van der Waals surface area contributed by atoms with Gasteiger partial charge in [0.1, 0.15) is 5.82 Å². The number of amides is 1. The SMILES string of the molecule is O=C(c1ccc(-c2cc(NCc3ccc(Cl)cc3Cl)n3nccc3n2)cc1)N1CCCC1. The smallest absolute Gasteiger partial charge is 0.253 e. The standard InChI is InChI=1S/C24H21Cl2N5O/c25-19-8-7-18(20(26)13-19)15-27-23-14-21(29-22-9-10-28-31(22)23)16-3-5-17(6-4-16)24(32)30-11-1-2-12-30/h3-10,13-14,27H,1-2,11-12,15H2. The van der Waals surface area contributed by atoms with Gasteiger partial charge in [0.25, 0.3) is 5.91 Å². The van der Waals surface area contributed by atoms with E-state index in [1.165, 1.54) is 0 Å². The van der Waals surface area contributed by atoms with Crippen molar-refractivity contribution in [2.24, 2.45) is 0 Å². The molecule has 32 heavy (non-hydrogen) atoms. The molecule has 2 aromatic carbocycles. The monoisotopic (exact) mass is 465 g/mol. The van der Waals surface area contributed by atoms with Crippen molar-refractivity contribution in [3.63, 3.8) is 0 Å². The molecule has 1 aliphatic heterocycles. The normalized spacial score (nSPS) is 13.6. The van der Waals surface area contributed by atoms with Crippen LogP contribution in [0.25, 0.3) is 16.9 Å². The van der Waals surface area contributed by atoms with Crippen LogP contribution in [-0.2, 0) is 6.54 Å². The fraction of sp³-hybridized carbons (Fsp3) is 0.208. The average molecular weight is 466 g/mol. The van der Waals surface area contributed by atoms with E-state index in [1.54, 1.807) is 16.8 Å². The first-order valence-corrected chi connectivity index (χ1v) is 11.3. The molecule has 1 saturated heterocycles. The maximum atomic E-state index is 12.6. The molecule has 2 aromatic heterocycles. The summed E-state index contributed by atoms with van der Waals surface area (Å²) in [5, 5.41) is 8.98. The predicted octanol–water partition coefficient (Wildman–Crippen LogP) is 5.55. The minimum Gasteiger partial charge on any atom is -0.366 e. The Morgan fingerprint density at radius 2 is 1.78 bits per heavy atom. The topological polar surface area (TPSA) is 62.5 Å². The van der Waals surface area contributed by atoms with Crippen LogP contribution in [0.15, 0.2) is 60.8 Å². The van der Waals surface area contributed by atoms with Gasteiger partial charge in [-0.05, 0) is 42.7 Å². The minimum atomic E-state index is 0.0930. The number of nitrogens with one attached hydrogen (secondary N) is 1. The summed E-state index contributed by atoms with van der Waals surface area (Å²) in [5.41, 5.74) is 4.09. The lowest BCUT2D eigenvalue weighted by Gasteiger charge is -2.15. The molecule has 0 saturated carbocycles. The number of carbonyl (C=O) groups is 1. The number of nitrogens with zero attached hydrogens (tertiary/aromatic N) is 4. The van der Waals surface area contributed by atoms with Gasteiger partial charge in [0, 0.05) is 52.9 Å². The van der Waals surface area contributed by atoms with Crippen LogP contribution in [0.1, 0.15) is 28.8 Å². The number of fused-ring (bicyclic) bond motifs is 1. The fourth-order valence-corrected chi connectivity index (χ4v) is 4.40. The van der Waals surface area contributed by atoms with Gasteiger partial charge >= 0.3 is 0 Å². The number of carbonyl (C=O) groups excluding carboxylic acids is 1. The molecule has 4 aromatic rings. The Bertz CT molecular complexity index is 1280. The lowest BCUT2D eigenvalue weighted by Crippen LogP contribution is -2.27. The molecular weight excluding hydrogens is 445 g/mol. The summed E-state index contributed by atoms with van der Waals surface area (Å²) in [6.07, 6.45) is 3.87. The number of aromatic nitrogens is 3. The number of benzene rings is 2. The highest BCUT2D eigenvalue weighted by Crippen LogP contribution is 2.25. The number of anilines is 1. The van der Waals surface area contributed by atoms with Gasteiger partial charge in [0.2, 0.25) is 0 Å². The van der Waals surface area contributed by atoms with Crippen molar-refractivity contribution in [2.75, 3.05) is 18.4 Å². The van der Waals surface area contributed by atoms with E-state index < -0.39 is 0 Å². The van der Waals surface area contributed by atoms with Crippen LogP contribution in [0.5, 0.6) is 0 Å². The molecule has 162 valence electrons. The largest absolute Gasteiger partial charge is 0.366 e. The van der Waals surface area contributed by atoms with Crippen LogP contribution in [0.2, 0.25) is 10.0 Å². The Balaban J connectivity index is 1.41. The lowest BCUT2D eigenvalue weighted by atomic mass is 10.1. The summed E-state index contributed by atoms with van der Waals surface area (Å²) in [7, 11) is 0. The summed E-state index contributed by atoms with van der Waals surface area (Å²) in [6.45, 7) is 2.19. The second-order valence-corrected chi connectivity index (χ2v) is 8.64. The van der Waals surface area contributed by atoms with E-state index in [9.17, 15) is 4.79 Å². The molecule has 8 heteroatoms. The zero-order valence-electron chi connectivity index (χ0n) is 17.3. The van der Waals surface area contributed by atoms with Gasteiger partial charge in [-0.1, -0.05) is 41.4 Å². The highest BCUT2D eigenvalue weighted by atomic mass is 35.5. The van der Waals surface area contributed by atoms with E-state index in [0.29, 0.717) is 22.2 Å². The molecule has 6 nitrogen and oxygen atoms in total. The minimum absolute atomic E-state index is 0.0930. The molecule has 0 bridgehead atoms. The third kappa shape index (κ3) is 4.16. The van der Waals surface area contributed by atoms with Gasteiger partial charge in [-0.2, -0.15) is 9.61 Å². The van der Waals surface area contributed by atoms with Crippen molar-refractivity contribution in [2.45, 2.75) is 19.4 Å². The molecule has 3 heterocycles. The maximum absolute atomic E-state index is 12.6. The average Bonchev–Trinajstić information content (AvgIpc) is 3.50. The summed E-state index contributed by atoms with van der Waals surface area (Å²) in [5.74, 6) is 0.883. The van der Waals surface area contributed by atoms with Crippen molar-refractivity contribution < 1.29 is 4.79 Å². The predicted molar refractivity (Wildman–Crippen MR) is 127 cm³/mol. The molecule has 1 fully saturated rings. The Morgan fingerprint density at radius 1 is 1.00 bits per heavy atom. The molecule has 5 rings (SSSR count). The molecule has 1 amide bonds. The number of halogens is 2. The highest BCUT2D eigenvalue weighted by Gasteiger charge is 2.19. The molecule has 0 radical (unpaired) electrons. The number of rotatable bonds is 5. The number of likely N-dealkylation sites (tertiary alicyclic amines) is 1. The van der Waals surface area contributed by atoms with Crippen LogP contribution in [0.4, 0.5) is 5.82 Å². The van der Waals surface area contributed by atoms with Gasteiger partial charge in [-0.3, -0.25) is 4.79 Å². The summed E-state index contributed by atoms with van der Waals surface area (Å²) >= 11 is 12.3. The first-order valence-electron chi connectivity index (χ1n) is 10.5. The van der Waals surface area contributed by atoms with Crippen molar-refractivity contribution in [3.05, 3.63) is 82.0 Å². The van der Waals surface area contributed by atoms with Gasteiger partial charge < -0.3 is 10.2 Å². The molecule has 1 aliphatic rings. The van der Waals surface area contributed by atoms with Crippen LogP contribution in [-0.4, -0.2) is 38.5 Å². The zero-order valence-corrected chi connectivity index (χ0v) is 18.8. The lowest BCUT2D eigenvalue weighted by molar-refractivity contribution is 0.0793. The summed E-state index contributed by atoms with van der Waals surface area (Å²) in [4.78, 5) is 19.3. The van der Waals surface area contributed by atoms with Gasteiger partial charge in [0.15, 0.2) is 5.65 Å². The van der Waals surface area contributed by atoms with E-state index in [2.05, 4.69) is 10.4 Å². The van der Waals surface area contributed by atoms with Crippen LogP contribution in [0, 0.1) is 0 Å². The quantitative estimate of drug-likeness (QED) is 0.419. The summed E-state index contributed by atoms with van der Waals surface area (Å²) < 4.78 is 1.75. The van der Waals surface area contributed by atoms with E-state index in [4.69, 9.17) is 28.2 Å². The Kier molecular flexibility index (Phi) is 5.72. The second kappa shape index (κ2) is 8.81. The van der Waals surface area contributed by atoms with E-state index in [0.717, 1.165) is 54.2 Å². The van der Waals surface area contributed by atoms with Gasteiger partial charge in [-0.15, -0.1) is 0 Å². The number of hydrogen-bond donors (Lipinski definition) is 1. The Labute approximate surface area is 195 Å². The summed E-state index contributed by atoms with van der Waals surface area (Å²) in [6, 6.07) is 16.9. The zero-order chi connectivity index (χ0) is 22.1. The highest BCUT2D eigenvalue weighted by molar-refractivity contribution is 6.35. The molecular formula is C24H21Cl2N5O. The van der Waals surface area contributed by atoms with Crippen molar-refractivity contribution in [1.82, 2.24) is 19.5 Å². The number of hydrogen-bond acceptors (Lipinski definition) is 4. The molecule has 0 atom stereocenters. The third-order valence-corrected chi connectivity index (χ3v) is 6.24. The van der Waals surface area contributed by atoms with Crippen LogP contribution < -0.4 is 5.32 Å². The fourth-order valence-electron chi connectivity index (χ4n) is 3.92. The molecule has 1 N–H and O–H groups in total. The van der Waals surface area contributed by atoms with E-state index >= 15 is 0 Å². The van der Waals surface area contributed by atoms with E-state index in [-0.39, 0.29) is 5.91 Å².